The second-order valence-corrected chi connectivity index (χ2v) is 8.60. The molecule has 2 N–H and O–H groups in total. The standard InChI is InChI=1S/C17H22N4O3S/c1-25(23,24)17(7-10-18-11-8-17)16(22)19-13-14-5-2-3-6-15(14)21-12-4-9-20-21/h2-6,9,12,18H,7-8,10-11,13H2,1H3,(H,19,22). The molecule has 0 saturated carbocycles. The molecule has 7 nitrogen and oxygen atoms in total. The van der Waals surface area contributed by atoms with Crippen LogP contribution in [0.5, 0.6) is 0 Å². The van der Waals surface area contributed by atoms with E-state index in [2.05, 4.69) is 15.7 Å². The van der Waals surface area contributed by atoms with E-state index in [1.165, 1.54) is 0 Å². The van der Waals surface area contributed by atoms with Crippen LogP contribution in [-0.4, -0.2) is 48.2 Å². The first-order valence-electron chi connectivity index (χ1n) is 8.21. The number of carbonyl (C=O) groups is 1. The molecule has 1 saturated heterocycles. The van der Waals surface area contributed by atoms with Gasteiger partial charge in [0.05, 0.1) is 5.69 Å². The van der Waals surface area contributed by atoms with Crippen molar-refractivity contribution in [1.29, 1.82) is 0 Å². The monoisotopic (exact) mass is 362 g/mol. The van der Waals surface area contributed by atoms with E-state index in [9.17, 15) is 13.2 Å². The quantitative estimate of drug-likeness (QED) is 0.815. The Labute approximate surface area is 147 Å². The Balaban J connectivity index is 1.81. The van der Waals surface area contributed by atoms with Crippen LogP contribution in [0.2, 0.25) is 0 Å². The van der Waals surface area contributed by atoms with Gasteiger partial charge in [-0.2, -0.15) is 5.10 Å². The summed E-state index contributed by atoms with van der Waals surface area (Å²) in [5.41, 5.74) is 1.73. The SMILES string of the molecule is CS(=O)(=O)C1(C(=O)NCc2ccccc2-n2cccn2)CCNCC1. The van der Waals surface area contributed by atoms with Gasteiger partial charge in [0.1, 0.15) is 0 Å². The number of benzene rings is 1. The maximum absolute atomic E-state index is 12.8. The minimum atomic E-state index is -3.51. The molecule has 0 radical (unpaired) electrons. The molecule has 1 amide bonds. The molecule has 1 aliphatic heterocycles. The topological polar surface area (TPSA) is 93.1 Å². The average Bonchev–Trinajstić information content (AvgIpc) is 3.14. The summed E-state index contributed by atoms with van der Waals surface area (Å²) in [6.07, 6.45) is 5.24. The molecule has 8 heteroatoms. The molecule has 25 heavy (non-hydrogen) atoms. The summed E-state index contributed by atoms with van der Waals surface area (Å²) in [7, 11) is -3.51. The Morgan fingerprint density at radius 3 is 2.64 bits per heavy atom. The van der Waals surface area contributed by atoms with E-state index < -0.39 is 20.5 Å². The second-order valence-electron chi connectivity index (χ2n) is 6.28. The third-order valence-corrected chi connectivity index (χ3v) is 6.73. The van der Waals surface area contributed by atoms with Crippen molar-refractivity contribution in [2.75, 3.05) is 19.3 Å². The Morgan fingerprint density at radius 2 is 2.00 bits per heavy atom. The molecular weight excluding hydrogens is 340 g/mol. The van der Waals surface area contributed by atoms with E-state index in [0.29, 0.717) is 25.9 Å². The van der Waals surface area contributed by atoms with E-state index >= 15 is 0 Å². The van der Waals surface area contributed by atoms with Crippen LogP contribution in [0.4, 0.5) is 0 Å². The van der Waals surface area contributed by atoms with Crippen LogP contribution in [0.15, 0.2) is 42.7 Å². The van der Waals surface area contributed by atoms with E-state index in [0.717, 1.165) is 17.5 Å². The van der Waals surface area contributed by atoms with Gasteiger partial charge in [-0.15, -0.1) is 0 Å². The maximum Gasteiger partial charge on any atom is 0.241 e. The summed E-state index contributed by atoms with van der Waals surface area (Å²) in [6, 6.07) is 9.40. The van der Waals surface area contributed by atoms with Crippen LogP contribution in [0.1, 0.15) is 18.4 Å². The Kier molecular flexibility index (Phi) is 4.91. The number of nitrogens with one attached hydrogen (secondary N) is 2. The van der Waals surface area contributed by atoms with Crippen LogP contribution in [0, 0.1) is 0 Å². The van der Waals surface area contributed by atoms with Gasteiger partial charge in [0.25, 0.3) is 0 Å². The lowest BCUT2D eigenvalue weighted by molar-refractivity contribution is -0.124. The van der Waals surface area contributed by atoms with Gasteiger partial charge in [0.15, 0.2) is 14.6 Å². The van der Waals surface area contributed by atoms with Gasteiger partial charge < -0.3 is 10.6 Å². The fraction of sp³-hybridized carbons (Fsp3) is 0.412. The number of carbonyl (C=O) groups excluding carboxylic acids is 1. The van der Waals surface area contributed by atoms with Gasteiger partial charge in [0, 0.05) is 25.2 Å². The van der Waals surface area contributed by atoms with Crippen molar-refractivity contribution in [1.82, 2.24) is 20.4 Å². The molecule has 0 aliphatic carbocycles. The highest BCUT2D eigenvalue weighted by atomic mass is 32.2. The fourth-order valence-corrected chi connectivity index (χ4v) is 4.58. The number of hydrogen-bond donors (Lipinski definition) is 2. The smallest absolute Gasteiger partial charge is 0.241 e. The first kappa shape index (κ1) is 17.6. The van der Waals surface area contributed by atoms with Gasteiger partial charge in [0.2, 0.25) is 5.91 Å². The number of sulfone groups is 1. The molecule has 0 spiro atoms. The number of hydrogen-bond acceptors (Lipinski definition) is 5. The van der Waals surface area contributed by atoms with Gasteiger partial charge in [-0.3, -0.25) is 4.79 Å². The average molecular weight is 362 g/mol. The summed E-state index contributed by atoms with van der Waals surface area (Å²) in [4.78, 5) is 12.8. The maximum atomic E-state index is 12.8. The molecule has 134 valence electrons. The van der Waals surface area contributed by atoms with Crippen molar-refractivity contribution in [3.63, 3.8) is 0 Å². The first-order valence-corrected chi connectivity index (χ1v) is 10.1. The zero-order chi connectivity index (χ0) is 17.9. The highest BCUT2D eigenvalue weighted by Crippen LogP contribution is 2.28. The number of para-hydroxylation sites is 1. The van der Waals surface area contributed by atoms with Crippen molar-refractivity contribution in [2.45, 2.75) is 24.1 Å². The third-order valence-electron chi connectivity index (χ3n) is 4.72. The highest BCUT2D eigenvalue weighted by Gasteiger charge is 2.48. The number of aromatic nitrogens is 2. The molecule has 0 bridgehead atoms. The Morgan fingerprint density at radius 1 is 1.28 bits per heavy atom. The van der Waals surface area contributed by atoms with Crippen molar-refractivity contribution < 1.29 is 13.2 Å². The number of rotatable bonds is 5. The van der Waals surface area contributed by atoms with Crippen molar-refractivity contribution in [2.24, 2.45) is 0 Å². The summed E-state index contributed by atoms with van der Waals surface area (Å²) < 4.78 is 25.0. The van der Waals surface area contributed by atoms with E-state index in [4.69, 9.17) is 0 Å². The Bertz CT molecular complexity index is 841. The Hall–Kier alpha value is -2.19. The molecule has 0 unspecified atom stereocenters. The second kappa shape index (κ2) is 6.97. The minimum absolute atomic E-state index is 0.250. The predicted molar refractivity (Wildman–Crippen MR) is 95.1 cm³/mol. The summed E-state index contributed by atoms with van der Waals surface area (Å²) in [5, 5.41) is 10.2. The molecule has 1 aromatic carbocycles. The minimum Gasteiger partial charge on any atom is -0.351 e. The number of amides is 1. The molecule has 1 aliphatic rings. The van der Waals surface area contributed by atoms with Gasteiger partial charge >= 0.3 is 0 Å². The van der Waals surface area contributed by atoms with Crippen LogP contribution < -0.4 is 10.6 Å². The van der Waals surface area contributed by atoms with E-state index in [1.54, 1.807) is 10.9 Å². The van der Waals surface area contributed by atoms with Gasteiger partial charge in [-0.1, -0.05) is 18.2 Å². The van der Waals surface area contributed by atoms with E-state index in [1.807, 2.05) is 36.5 Å². The van der Waals surface area contributed by atoms with Crippen molar-refractivity contribution in [3.05, 3.63) is 48.3 Å². The van der Waals surface area contributed by atoms with Crippen LogP contribution >= 0.6 is 0 Å². The van der Waals surface area contributed by atoms with Crippen molar-refractivity contribution >= 4 is 15.7 Å². The number of piperidine rings is 1. The zero-order valence-corrected chi connectivity index (χ0v) is 14.9. The van der Waals surface area contributed by atoms with E-state index in [-0.39, 0.29) is 6.54 Å². The largest absolute Gasteiger partial charge is 0.351 e. The lowest BCUT2D eigenvalue weighted by Gasteiger charge is -2.34. The lowest BCUT2D eigenvalue weighted by Crippen LogP contribution is -2.57. The molecule has 1 fully saturated rings. The summed E-state index contributed by atoms with van der Waals surface area (Å²) in [5.74, 6) is -0.424. The molecule has 2 heterocycles. The molecule has 3 rings (SSSR count). The number of nitrogens with zero attached hydrogens (tertiary/aromatic N) is 2. The first-order chi connectivity index (χ1) is 11.9. The van der Waals surface area contributed by atoms with Crippen molar-refractivity contribution in [3.8, 4) is 5.69 Å². The molecule has 2 aromatic rings. The van der Waals surface area contributed by atoms with Gasteiger partial charge in [-0.05, 0) is 43.6 Å². The lowest BCUT2D eigenvalue weighted by atomic mass is 9.95. The molecular formula is C17H22N4O3S. The highest BCUT2D eigenvalue weighted by molar-refractivity contribution is 7.92. The molecule has 1 aromatic heterocycles. The third kappa shape index (κ3) is 3.45. The fourth-order valence-electron chi connectivity index (χ4n) is 3.23. The summed E-state index contributed by atoms with van der Waals surface area (Å²) in [6.45, 7) is 1.29. The van der Waals surface area contributed by atoms with Crippen LogP contribution in [-0.2, 0) is 21.2 Å². The molecule has 0 atom stereocenters. The van der Waals surface area contributed by atoms with Crippen LogP contribution in [0.25, 0.3) is 5.69 Å². The van der Waals surface area contributed by atoms with Gasteiger partial charge in [-0.25, -0.2) is 13.1 Å². The predicted octanol–water partition coefficient (Wildman–Crippen LogP) is 0.655. The zero-order valence-electron chi connectivity index (χ0n) is 14.1. The van der Waals surface area contributed by atoms with Crippen LogP contribution in [0.3, 0.4) is 0 Å². The summed E-state index contributed by atoms with van der Waals surface area (Å²) >= 11 is 0. The normalized spacial score (nSPS) is 17.2.